The highest BCUT2D eigenvalue weighted by atomic mass is 16.5. The lowest BCUT2D eigenvalue weighted by Gasteiger charge is -2.08. The molecule has 9 heteroatoms. The Hall–Kier alpha value is -5.44. The number of carboxylic acid groups (broad SMARTS) is 2. The molecule has 1 heterocycles. The molecule has 9 nitrogen and oxygen atoms in total. The van der Waals surface area contributed by atoms with Crippen LogP contribution in [0.4, 0.5) is 0 Å². The molecule has 0 aliphatic rings. The topological polar surface area (TPSA) is 160 Å². The van der Waals surface area contributed by atoms with Gasteiger partial charge in [-0.05, 0) is 76.1 Å². The van der Waals surface area contributed by atoms with Gasteiger partial charge in [0.25, 0.3) is 5.91 Å². The average Bonchev–Trinajstić information content (AvgIpc) is 2.88. The minimum atomic E-state index is -0.982. The lowest BCUT2D eigenvalue weighted by Crippen LogP contribution is -2.12. The molecule has 5 aromatic rings. The molecule has 5 N–H and O–H groups in total. The SMILES string of the molecule is NC(=O)c1cc(Oc2ccc3c(C(=O)O)cccc3c2)ccn1.O=C(O)c1cccc2cc(O)ccc12. The molecule has 5 rings (SSSR count). The molecular weight excluding hydrogens is 476 g/mol. The lowest BCUT2D eigenvalue weighted by atomic mass is 10.0. The minimum Gasteiger partial charge on any atom is -0.508 e. The minimum absolute atomic E-state index is 0.108. The number of rotatable bonds is 5. The van der Waals surface area contributed by atoms with Crippen LogP contribution in [-0.2, 0) is 0 Å². The van der Waals surface area contributed by atoms with Gasteiger partial charge in [0.05, 0.1) is 11.1 Å². The first-order valence-corrected chi connectivity index (χ1v) is 10.9. The van der Waals surface area contributed by atoms with E-state index in [0.717, 1.165) is 10.8 Å². The number of aromatic carboxylic acids is 2. The Morgan fingerprint density at radius 3 is 1.86 bits per heavy atom. The average molecular weight is 496 g/mol. The number of fused-ring (bicyclic) bond motifs is 2. The number of phenols is 1. The summed E-state index contributed by atoms with van der Waals surface area (Å²) >= 11 is 0. The molecule has 0 unspecified atom stereocenters. The standard InChI is InChI=1S/C17H12N2O4.C11H8O3/c18-16(20)15-9-12(6-7-19-15)23-11-4-5-13-10(8-11)2-1-3-14(13)17(21)22;12-8-4-5-9-7(6-8)2-1-3-10(9)11(13)14/h1-9H,(H2,18,20)(H,21,22);1-6,12H,(H,13,14). The third kappa shape index (κ3) is 5.63. The van der Waals surface area contributed by atoms with E-state index in [9.17, 15) is 24.6 Å². The number of pyridine rings is 1. The van der Waals surface area contributed by atoms with E-state index in [0.29, 0.717) is 22.3 Å². The number of benzene rings is 4. The van der Waals surface area contributed by atoms with Crippen molar-refractivity contribution in [3.63, 3.8) is 0 Å². The Balaban J connectivity index is 0.000000195. The van der Waals surface area contributed by atoms with Gasteiger partial charge in [0.1, 0.15) is 22.9 Å². The van der Waals surface area contributed by atoms with Crippen LogP contribution in [0.3, 0.4) is 0 Å². The van der Waals surface area contributed by atoms with Gasteiger partial charge in [-0.2, -0.15) is 0 Å². The van der Waals surface area contributed by atoms with Gasteiger partial charge in [-0.25, -0.2) is 9.59 Å². The summed E-state index contributed by atoms with van der Waals surface area (Å²) in [6.45, 7) is 0. The van der Waals surface area contributed by atoms with Crippen LogP contribution in [0.15, 0.2) is 91.1 Å². The summed E-state index contributed by atoms with van der Waals surface area (Å²) in [4.78, 5) is 37.0. The summed E-state index contributed by atoms with van der Waals surface area (Å²) < 4.78 is 5.68. The summed E-state index contributed by atoms with van der Waals surface area (Å²) in [5.74, 6) is -1.50. The number of hydrogen-bond acceptors (Lipinski definition) is 6. The molecule has 0 radical (unpaired) electrons. The summed E-state index contributed by atoms with van der Waals surface area (Å²) in [6.07, 6.45) is 1.43. The van der Waals surface area contributed by atoms with Crippen LogP contribution in [0.5, 0.6) is 17.2 Å². The number of carbonyl (C=O) groups is 3. The summed E-state index contributed by atoms with van der Waals surface area (Å²) in [7, 11) is 0. The first kappa shape index (κ1) is 24.7. The fraction of sp³-hybridized carbons (Fsp3) is 0. The van der Waals surface area contributed by atoms with Gasteiger partial charge < -0.3 is 25.8 Å². The number of aromatic hydroxyl groups is 1. The van der Waals surface area contributed by atoms with Crippen molar-refractivity contribution in [2.75, 3.05) is 0 Å². The van der Waals surface area contributed by atoms with E-state index in [1.807, 2.05) is 0 Å². The second-order valence-corrected chi connectivity index (χ2v) is 7.85. The van der Waals surface area contributed by atoms with E-state index in [4.69, 9.17) is 15.6 Å². The Bertz CT molecular complexity index is 1660. The number of ether oxygens (including phenoxy) is 1. The summed E-state index contributed by atoms with van der Waals surface area (Å²) in [5.41, 5.74) is 5.77. The second-order valence-electron chi connectivity index (χ2n) is 7.85. The predicted octanol–water partition coefficient (Wildman–Crippen LogP) is 5.07. The second kappa shape index (κ2) is 10.4. The number of nitrogens with zero attached hydrogens (tertiary/aromatic N) is 1. The van der Waals surface area contributed by atoms with Crippen molar-refractivity contribution < 1.29 is 34.4 Å². The highest BCUT2D eigenvalue weighted by Gasteiger charge is 2.10. The first-order valence-electron chi connectivity index (χ1n) is 10.9. The van der Waals surface area contributed by atoms with Gasteiger partial charge in [0.2, 0.25) is 0 Å². The van der Waals surface area contributed by atoms with E-state index in [2.05, 4.69) is 4.98 Å². The van der Waals surface area contributed by atoms with Crippen LogP contribution in [0.1, 0.15) is 31.2 Å². The predicted molar refractivity (Wildman–Crippen MR) is 136 cm³/mol. The molecule has 0 aliphatic heterocycles. The largest absolute Gasteiger partial charge is 0.508 e. The van der Waals surface area contributed by atoms with Gasteiger partial charge >= 0.3 is 11.9 Å². The van der Waals surface area contributed by atoms with E-state index in [1.165, 1.54) is 18.3 Å². The fourth-order valence-electron chi connectivity index (χ4n) is 3.71. The number of amides is 1. The van der Waals surface area contributed by atoms with E-state index >= 15 is 0 Å². The maximum atomic E-state index is 11.2. The van der Waals surface area contributed by atoms with Gasteiger partial charge in [-0.15, -0.1) is 0 Å². The fourth-order valence-corrected chi connectivity index (χ4v) is 3.71. The van der Waals surface area contributed by atoms with Gasteiger partial charge in [0, 0.05) is 12.3 Å². The lowest BCUT2D eigenvalue weighted by molar-refractivity contribution is 0.0688. The number of aromatic nitrogens is 1. The van der Waals surface area contributed by atoms with E-state index in [-0.39, 0.29) is 22.6 Å². The third-order valence-electron chi connectivity index (χ3n) is 5.40. The zero-order valence-corrected chi connectivity index (χ0v) is 19.2. The Morgan fingerprint density at radius 1 is 0.703 bits per heavy atom. The summed E-state index contributed by atoms with van der Waals surface area (Å²) in [6, 6.07) is 22.7. The van der Waals surface area contributed by atoms with Crippen molar-refractivity contribution in [1.29, 1.82) is 0 Å². The molecule has 0 bridgehead atoms. The monoisotopic (exact) mass is 496 g/mol. The first-order chi connectivity index (χ1) is 17.7. The highest BCUT2D eigenvalue weighted by Crippen LogP contribution is 2.28. The molecule has 0 fully saturated rings. The Morgan fingerprint density at radius 2 is 1.27 bits per heavy atom. The van der Waals surface area contributed by atoms with Crippen LogP contribution in [-0.4, -0.2) is 38.1 Å². The van der Waals surface area contributed by atoms with Crippen molar-refractivity contribution in [2.24, 2.45) is 5.73 Å². The highest BCUT2D eigenvalue weighted by molar-refractivity contribution is 6.04. The maximum absolute atomic E-state index is 11.2. The normalized spacial score (nSPS) is 10.4. The van der Waals surface area contributed by atoms with Crippen molar-refractivity contribution in [3.05, 3.63) is 108 Å². The van der Waals surface area contributed by atoms with Crippen molar-refractivity contribution >= 4 is 39.4 Å². The number of carboxylic acids is 2. The number of phenolic OH excluding ortho intramolecular Hbond substituents is 1. The smallest absolute Gasteiger partial charge is 0.336 e. The van der Waals surface area contributed by atoms with Crippen LogP contribution < -0.4 is 10.5 Å². The maximum Gasteiger partial charge on any atom is 0.336 e. The number of primary amides is 1. The molecule has 1 amide bonds. The van der Waals surface area contributed by atoms with Crippen LogP contribution in [0.25, 0.3) is 21.5 Å². The number of carbonyl (C=O) groups excluding carboxylic acids is 1. The molecule has 184 valence electrons. The molecule has 0 aliphatic carbocycles. The molecule has 0 saturated carbocycles. The molecule has 4 aromatic carbocycles. The molecule has 37 heavy (non-hydrogen) atoms. The van der Waals surface area contributed by atoms with Crippen molar-refractivity contribution in [3.8, 4) is 17.2 Å². The van der Waals surface area contributed by atoms with Gasteiger partial charge in [-0.1, -0.05) is 24.3 Å². The van der Waals surface area contributed by atoms with E-state index in [1.54, 1.807) is 72.8 Å². The van der Waals surface area contributed by atoms with Gasteiger partial charge in [0.15, 0.2) is 0 Å². The molecular formula is C28H20N2O7. The van der Waals surface area contributed by atoms with Crippen LogP contribution in [0, 0.1) is 0 Å². The Kier molecular flexibility index (Phi) is 6.97. The summed E-state index contributed by atoms with van der Waals surface area (Å²) in [5, 5.41) is 30.0. The van der Waals surface area contributed by atoms with Crippen molar-refractivity contribution in [2.45, 2.75) is 0 Å². The van der Waals surface area contributed by atoms with Crippen molar-refractivity contribution in [1.82, 2.24) is 4.98 Å². The van der Waals surface area contributed by atoms with Crippen LogP contribution in [0.2, 0.25) is 0 Å². The zero-order valence-electron chi connectivity index (χ0n) is 19.2. The van der Waals surface area contributed by atoms with E-state index < -0.39 is 17.8 Å². The molecule has 0 spiro atoms. The molecule has 0 atom stereocenters. The van der Waals surface area contributed by atoms with Gasteiger partial charge in [-0.3, -0.25) is 9.78 Å². The molecule has 0 saturated heterocycles. The number of hydrogen-bond donors (Lipinski definition) is 4. The Labute approximate surface area is 210 Å². The number of nitrogens with two attached hydrogens (primary N) is 1. The third-order valence-corrected chi connectivity index (χ3v) is 5.40. The van der Waals surface area contributed by atoms with Crippen LogP contribution >= 0.6 is 0 Å². The zero-order chi connectivity index (χ0) is 26.5. The molecule has 1 aromatic heterocycles. The quantitative estimate of drug-likeness (QED) is 0.262.